The predicted molar refractivity (Wildman–Crippen MR) is 86.8 cm³/mol. The third-order valence-electron chi connectivity index (χ3n) is 3.08. The lowest BCUT2D eigenvalue weighted by molar-refractivity contribution is 0.247. The van der Waals surface area contributed by atoms with Crippen molar-refractivity contribution in [2.75, 3.05) is 13.2 Å². The Balaban J connectivity index is 1.40. The maximum Gasteiger partial charge on any atom is 0.247 e. The first kappa shape index (κ1) is 15.4. The van der Waals surface area contributed by atoms with E-state index >= 15 is 0 Å². The molecular formula is C17H15ClN2O3. The zero-order valence-corrected chi connectivity index (χ0v) is 13.1. The molecule has 3 aromatic rings. The molecule has 0 atom stereocenters. The van der Waals surface area contributed by atoms with Crippen molar-refractivity contribution in [3.05, 3.63) is 59.9 Å². The second-order valence-electron chi connectivity index (χ2n) is 4.78. The minimum Gasteiger partial charge on any atom is -0.493 e. The molecule has 1 aromatic heterocycles. The number of aromatic nitrogens is 2. The van der Waals surface area contributed by atoms with Crippen LogP contribution in [0.5, 0.6) is 11.5 Å². The Labute approximate surface area is 138 Å². The lowest BCUT2D eigenvalue weighted by atomic mass is 10.2. The van der Waals surface area contributed by atoms with Gasteiger partial charge in [0.2, 0.25) is 12.3 Å². The van der Waals surface area contributed by atoms with Crippen LogP contribution in [0.2, 0.25) is 5.02 Å². The van der Waals surface area contributed by atoms with E-state index in [1.54, 1.807) is 6.07 Å². The molecule has 0 saturated heterocycles. The van der Waals surface area contributed by atoms with Gasteiger partial charge < -0.3 is 13.9 Å². The lowest BCUT2D eigenvalue weighted by Gasteiger charge is -2.08. The Morgan fingerprint density at radius 1 is 0.957 bits per heavy atom. The zero-order chi connectivity index (χ0) is 15.9. The fourth-order valence-electron chi connectivity index (χ4n) is 1.99. The van der Waals surface area contributed by atoms with Crippen LogP contribution in [-0.4, -0.2) is 23.4 Å². The summed E-state index contributed by atoms with van der Waals surface area (Å²) >= 11 is 5.89. The van der Waals surface area contributed by atoms with Crippen LogP contribution in [0.3, 0.4) is 0 Å². The van der Waals surface area contributed by atoms with Gasteiger partial charge in [-0.1, -0.05) is 17.7 Å². The van der Waals surface area contributed by atoms with Gasteiger partial charge in [0, 0.05) is 17.0 Å². The minimum atomic E-state index is 0.492. The molecule has 0 aliphatic rings. The molecule has 0 radical (unpaired) electrons. The maximum absolute atomic E-state index is 5.89. The Kier molecular flexibility index (Phi) is 5.11. The Bertz CT molecular complexity index is 730. The van der Waals surface area contributed by atoms with Crippen molar-refractivity contribution >= 4 is 11.6 Å². The normalized spacial score (nSPS) is 10.5. The number of halogens is 1. The highest BCUT2D eigenvalue weighted by molar-refractivity contribution is 6.30. The molecule has 0 aliphatic heterocycles. The van der Waals surface area contributed by atoms with Crippen molar-refractivity contribution < 1.29 is 13.9 Å². The van der Waals surface area contributed by atoms with Gasteiger partial charge in [-0.15, -0.1) is 10.2 Å². The second kappa shape index (κ2) is 7.65. The number of ether oxygens (including phenoxy) is 2. The minimum absolute atomic E-state index is 0.492. The smallest absolute Gasteiger partial charge is 0.247 e. The van der Waals surface area contributed by atoms with E-state index in [1.165, 1.54) is 6.39 Å². The van der Waals surface area contributed by atoms with Gasteiger partial charge in [-0.3, -0.25) is 0 Å². The molecule has 0 spiro atoms. The van der Waals surface area contributed by atoms with Crippen molar-refractivity contribution in [3.63, 3.8) is 0 Å². The monoisotopic (exact) mass is 330 g/mol. The zero-order valence-electron chi connectivity index (χ0n) is 12.3. The van der Waals surface area contributed by atoms with Crippen LogP contribution in [-0.2, 0) is 0 Å². The Morgan fingerprint density at radius 2 is 1.74 bits per heavy atom. The molecular weight excluding hydrogens is 316 g/mol. The van der Waals surface area contributed by atoms with Crippen molar-refractivity contribution in [2.45, 2.75) is 6.42 Å². The first-order chi connectivity index (χ1) is 11.3. The molecule has 1 heterocycles. The Morgan fingerprint density at radius 3 is 2.43 bits per heavy atom. The maximum atomic E-state index is 5.89. The number of benzene rings is 2. The van der Waals surface area contributed by atoms with Gasteiger partial charge in [0.25, 0.3) is 0 Å². The molecule has 5 nitrogen and oxygen atoms in total. The van der Waals surface area contributed by atoms with Gasteiger partial charge in [-0.2, -0.15) is 0 Å². The number of nitrogens with zero attached hydrogens (tertiary/aromatic N) is 2. The molecule has 118 valence electrons. The van der Waals surface area contributed by atoms with Crippen LogP contribution in [0.4, 0.5) is 0 Å². The fraction of sp³-hybridized carbons (Fsp3) is 0.176. The summed E-state index contributed by atoms with van der Waals surface area (Å²) in [6, 6.07) is 14.8. The van der Waals surface area contributed by atoms with Gasteiger partial charge in [-0.05, 0) is 42.5 Å². The van der Waals surface area contributed by atoms with E-state index in [0.29, 0.717) is 24.1 Å². The quantitative estimate of drug-likeness (QED) is 0.606. The van der Waals surface area contributed by atoms with E-state index in [4.69, 9.17) is 25.5 Å². The van der Waals surface area contributed by atoms with E-state index in [1.807, 2.05) is 42.5 Å². The van der Waals surface area contributed by atoms with Gasteiger partial charge in [0.1, 0.15) is 11.5 Å². The van der Waals surface area contributed by atoms with E-state index < -0.39 is 0 Å². The average molecular weight is 331 g/mol. The molecule has 6 heteroatoms. The highest BCUT2D eigenvalue weighted by Crippen LogP contribution is 2.20. The second-order valence-corrected chi connectivity index (χ2v) is 5.21. The molecule has 23 heavy (non-hydrogen) atoms. The van der Waals surface area contributed by atoms with Gasteiger partial charge in [0.05, 0.1) is 13.2 Å². The standard InChI is InChI=1S/C17H15ClN2O3/c18-14-3-1-4-16(11-14)22-10-2-9-21-15-7-5-13(6-8-15)17-20-19-12-23-17/h1,3-8,11-12H,2,9-10H2. The fourth-order valence-corrected chi connectivity index (χ4v) is 2.17. The molecule has 3 rings (SSSR count). The first-order valence-electron chi connectivity index (χ1n) is 7.19. The number of hydrogen-bond donors (Lipinski definition) is 0. The van der Waals surface area contributed by atoms with Gasteiger partial charge >= 0.3 is 0 Å². The van der Waals surface area contributed by atoms with Crippen LogP contribution in [0.25, 0.3) is 11.5 Å². The van der Waals surface area contributed by atoms with Gasteiger partial charge in [-0.25, -0.2) is 0 Å². The van der Waals surface area contributed by atoms with Crippen LogP contribution in [0.1, 0.15) is 6.42 Å². The Hall–Kier alpha value is -2.53. The van der Waals surface area contributed by atoms with Crippen molar-refractivity contribution in [1.29, 1.82) is 0 Å². The van der Waals surface area contributed by atoms with E-state index in [9.17, 15) is 0 Å². The summed E-state index contributed by atoms with van der Waals surface area (Å²) in [7, 11) is 0. The van der Waals surface area contributed by atoms with Crippen molar-refractivity contribution in [2.24, 2.45) is 0 Å². The summed E-state index contributed by atoms with van der Waals surface area (Å²) < 4.78 is 16.4. The third kappa shape index (κ3) is 4.47. The third-order valence-corrected chi connectivity index (χ3v) is 3.32. The topological polar surface area (TPSA) is 57.4 Å². The van der Waals surface area contributed by atoms with Gasteiger partial charge in [0.15, 0.2) is 0 Å². The molecule has 0 saturated carbocycles. The summed E-state index contributed by atoms with van der Waals surface area (Å²) in [5.74, 6) is 2.05. The summed E-state index contributed by atoms with van der Waals surface area (Å²) in [5.41, 5.74) is 0.860. The summed E-state index contributed by atoms with van der Waals surface area (Å²) in [6.07, 6.45) is 2.08. The highest BCUT2D eigenvalue weighted by Gasteiger charge is 2.03. The SMILES string of the molecule is Clc1cccc(OCCCOc2ccc(-c3nnco3)cc2)c1. The summed E-state index contributed by atoms with van der Waals surface area (Å²) in [5, 5.41) is 8.17. The average Bonchev–Trinajstić information content (AvgIpc) is 3.10. The number of hydrogen-bond acceptors (Lipinski definition) is 5. The molecule has 0 N–H and O–H groups in total. The molecule has 0 fully saturated rings. The van der Waals surface area contributed by atoms with E-state index in [0.717, 1.165) is 23.5 Å². The summed E-state index contributed by atoms with van der Waals surface area (Å²) in [6.45, 7) is 1.14. The molecule has 0 aliphatic carbocycles. The molecule has 0 unspecified atom stereocenters. The van der Waals surface area contributed by atoms with Crippen LogP contribution in [0.15, 0.2) is 59.3 Å². The van der Waals surface area contributed by atoms with Crippen molar-refractivity contribution in [3.8, 4) is 23.0 Å². The predicted octanol–water partition coefficient (Wildman–Crippen LogP) is 4.24. The highest BCUT2D eigenvalue weighted by atomic mass is 35.5. The van der Waals surface area contributed by atoms with Crippen LogP contribution in [0, 0.1) is 0 Å². The van der Waals surface area contributed by atoms with Crippen molar-refractivity contribution in [1.82, 2.24) is 10.2 Å². The lowest BCUT2D eigenvalue weighted by Crippen LogP contribution is -2.04. The largest absolute Gasteiger partial charge is 0.493 e. The molecule has 2 aromatic carbocycles. The molecule has 0 amide bonds. The van der Waals surface area contributed by atoms with Crippen LogP contribution < -0.4 is 9.47 Å². The first-order valence-corrected chi connectivity index (χ1v) is 7.57. The number of rotatable bonds is 7. The van der Waals surface area contributed by atoms with Crippen LogP contribution >= 0.6 is 11.6 Å². The van der Waals surface area contributed by atoms with E-state index in [2.05, 4.69) is 10.2 Å². The van der Waals surface area contributed by atoms with E-state index in [-0.39, 0.29) is 0 Å². The molecule has 0 bridgehead atoms. The summed E-state index contributed by atoms with van der Waals surface area (Å²) in [4.78, 5) is 0.